The highest BCUT2D eigenvalue weighted by Gasteiger charge is 2.29. The van der Waals surface area contributed by atoms with Gasteiger partial charge in [-0.1, -0.05) is 24.3 Å². The molecule has 0 atom stereocenters. The van der Waals surface area contributed by atoms with Crippen molar-refractivity contribution >= 4 is 17.5 Å². The van der Waals surface area contributed by atoms with E-state index in [1.807, 2.05) is 34.9 Å². The Hall–Kier alpha value is -2.89. The Bertz CT molecular complexity index is 795. The molecule has 1 N–H and O–H groups in total. The first-order valence-electron chi connectivity index (χ1n) is 8.45. The number of para-hydroxylation sites is 1. The number of nitrogens with zero attached hydrogens (tertiary/aromatic N) is 3. The van der Waals surface area contributed by atoms with Crippen LogP contribution in [-0.4, -0.2) is 35.0 Å². The van der Waals surface area contributed by atoms with Crippen LogP contribution in [0.25, 0.3) is 0 Å². The number of imidazole rings is 1. The molecule has 0 radical (unpaired) electrons. The molecule has 6 nitrogen and oxygen atoms in total. The third-order valence-corrected chi connectivity index (χ3v) is 4.38. The van der Waals surface area contributed by atoms with Crippen molar-refractivity contribution in [2.75, 3.05) is 18.5 Å². The van der Waals surface area contributed by atoms with Crippen molar-refractivity contribution in [2.24, 2.45) is 0 Å². The van der Waals surface area contributed by atoms with Crippen LogP contribution in [0.1, 0.15) is 39.6 Å². The fraction of sp³-hybridized carbons (Fsp3) is 0.316. The Morgan fingerprint density at radius 1 is 1.32 bits per heavy atom. The molecule has 25 heavy (non-hydrogen) atoms. The molecule has 0 aliphatic carbocycles. The van der Waals surface area contributed by atoms with Crippen LogP contribution in [0.3, 0.4) is 0 Å². The van der Waals surface area contributed by atoms with Crippen molar-refractivity contribution in [3.63, 3.8) is 0 Å². The summed E-state index contributed by atoms with van der Waals surface area (Å²) in [4.78, 5) is 31.3. The number of hydrogen-bond acceptors (Lipinski definition) is 3. The Morgan fingerprint density at radius 2 is 2.08 bits per heavy atom. The van der Waals surface area contributed by atoms with Crippen LogP contribution < -0.4 is 10.2 Å². The van der Waals surface area contributed by atoms with Crippen LogP contribution in [-0.2, 0) is 13.0 Å². The van der Waals surface area contributed by atoms with E-state index in [9.17, 15) is 9.59 Å². The van der Waals surface area contributed by atoms with Crippen LogP contribution in [0.15, 0.2) is 43.0 Å². The number of anilines is 1. The minimum absolute atomic E-state index is 0.211. The summed E-state index contributed by atoms with van der Waals surface area (Å²) in [6.45, 7) is 4.69. The summed E-state index contributed by atoms with van der Waals surface area (Å²) in [6, 6.07) is 9.41. The number of carbonyl (C=O) groups is 2. The van der Waals surface area contributed by atoms with E-state index in [1.54, 1.807) is 18.0 Å². The predicted octanol–water partition coefficient (Wildman–Crippen LogP) is 2.41. The van der Waals surface area contributed by atoms with E-state index in [0.29, 0.717) is 24.6 Å². The van der Waals surface area contributed by atoms with Gasteiger partial charge in [0.1, 0.15) is 5.69 Å². The maximum atomic E-state index is 13.0. The predicted molar refractivity (Wildman–Crippen MR) is 96.9 cm³/mol. The molecular weight excluding hydrogens is 316 g/mol. The summed E-state index contributed by atoms with van der Waals surface area (Å²) < 4.78 is 1.90. The molecule has 0 spiro atoms. The van der Waals surface area contributed by atoms with E-state index in [0.717, 1.165) is 30.6 Å². The van der Waals surface area contributed by atoms with Gasteiger partial charge in [0.15, 0.2) is 0 Å². The number of amides is 2. The maximum absolute atomic E-state index is 13.0. The van der Waals surface area contributed by atoms with Crippen molar-refractivity contribution in [2.45, 2.75) is 25.8 Å². The second-order valence-corrected chi connectivity index (χ2v) is 6.04. The molecule has 0 saturated carbocycles. The minimum Gasteiger partial charge on any atom is -0.347 e. The Balaban J connectivity index is 1.96. The van der Waals surface area contributed by atoms with E-state index in [2.05, 4.69) is 16.9 Å². The van der Waals surface area contributed by atoms with E-state index in [1.165, 1.54) is 0 Å². The molecule has 1 aliphatic heterocycles. The van der Waals surface area contributed by atoms with Gasteiger partial charge in [-0.15, -0.1) is 6.58 Å². The van der Waals surface area contributed by atoms with Crippen molar-refractivity contribution in [3.8, 4) is 0 Å². The lowest BCUT2D eigenvalue weighted by Crippen LogP contribution is -2.30. The van der Waals surface area contributed by atoms with Crippen LogP contribution >= 0.6 is 0 Å². The van der Waals surface area contributed by atoms with Crippen molar-refractivity contribution in [1.29, 1.82) is 0 Å². The number of fused-ring (bicyclic) bond motifs is 1. The molecule has 1 aliphatic rings. The number of nitrogens with one attached hydrogen (secondary N) is 1. The molecule has 0 fully saturated rings. The van der Waals surface area contributed by atoms with Gasteiger partial charge in [-0.2, -0.15) is 0 Å². The van der Waals surface area contributed by atoms with Gasteiger partial charge in [0.2, 0.25) is 5.82 Å². The van der Waals surface area contributed by atoms with Gasteiger partial charge in [0, 0.05) is 25.8 Å². The number of rotatable bonds is 5. The van der Waals surface area contributed by atoms with Gasteiger partial charge < -0.3 is 14.8 Å². The summed E-state index contributed by atoms with van der Waals surface area (Å²) in [7, 11) is 1.72. The van der Waals surface area contributed by atoms with Gasteiger partial charge in [0.25, 0.3) is 11.8 Å². The number of benzene rings is 1. The molecule has 130 valence electrons. The molecule has 0 unspecified atom stereocenters. The van der Waals surface area contributed by atoms with Crippen molar-refractivity contribution < 1.29 is 9.59 Å². The van der Waals surface area contributed by atoms with Crippen LogP contribution in [0.4, 0.5) is 5.69 Å². The average molecular weight is 338 g/mol. The van der Waals surface area contributed by atoms with Gasteiger partial charge in [-0.3, -0.25) is 9.59 Å². The Labute approximate surface area is 147 Å². The Kier molecular flexibility index (Phi) is 4.97. The number of aromatic nitrogens is 2. The normalized spacial score (nSPS) is 13.0. The fourth-order valence-electron chi connectivity index (χ4n) is 3.06. The first-order valence-corrected chi connectivity index (χ1v) is 8.45. The fourth-order valence-corrected chi connectivity index (χ4v) is 3.06. The van der Waals surface area contributed by atoms with Crippen molar-refractivity contribution in [3.05, 3.63) is 60.2 Å². The van der Waals surface area contributed by atoms with Gasteiger partial charge in [-0.25, -0.2) is 4.98 Å². The summed E-state index contributed by atoms with van der Waals surface area (Å²) in [5.74, 6) is -0.145. The van der Waals surface area contributed by atoms with Crippen LogP contribution in [0.5, 0.6) is 0 Å². The second kappa shape index (κ2) is 7.34. The SMILES string of the molecule is C=CCNC(=O)c1nc(C(=O)N(C)c2ccccc2)n2c1CCCC2. The Morgan fingerprint density at radius 3 is 2.80 bits per heavy atom. The van der Waals surface area contributed by atoms with E-state index in [-0.39, 0.29) is 11.8 Å². The van der Waals surface area contributed by atoms with Crippen molar-refractivity contribution in [1.82, 2.24) is 14.9 Å². The molecule has 1 aromatic carbocycles. The molecular formula is C19H22N4O2. The van der Waals surface area contributed by atoms with Gasteiger partial charge in [-0.05, 0) is 31.4 Å². The zero-order chi connectivity index (χ0) is 17.8. The van der Waals surface area contributed by atoms with E-state index < -0.39 is 0 Å². The third kappa shape index (κ3) is 3.33. The maximum Gasteiger partial charge on any atom is 0.294 e. The topological polar surface area (TPSA) is 67.2 Å². The van der Waals surface area contributed by atoms with Gasteiger partial charge in [0.05, 0.1) is 5.69 Å². The average Bonchev–Trinajstić information content (AvgIpc) is 3.05. The van der Waals surface area contributed by atoms with Crippen LogP contribution in [0, 0.1) is 0 Å². The smallest absolute Gasteiger partial charge is 0.294 e. The highest BCUT2D eigenvalue weighted by Crippen LogP contribution is 2.23. The molecule has 2 amide bonds. The van der Waals surface area contributed by atoms with E-state index in [4.69, 9.17) is 0 Å². The molecule has 6 heteroatoms. The first-order chi connectivity index (χ1) is 12.1. The highest BCUT2D eigenvalue weighted by molar-refractivity contribution is 6.05. The van der Waals surface area contributed by atoms with Gasteiger partial charge >= 0.3 is 0 Å². The third-order valence-electron chi connectivity index (χ3n) is 4.38. The minimum atomic E-state index is -0.257. The highest BCUT2D eigenvalue weighted by atomic mass is 16.2. The summed E-state index contributed by atoms with van der Waals surface area (Å²) >= 11 is 0. The molecule has 0 bridgehead atoms. The number of carbonyl (C=O) groups excluding carboxylic acids is 2. The summed E-state index contributed by atoms with van der Waals surface area (Å²) in [5.41, 5.74) is 1.99. The van der Waals surface area contributed by atoms with Crippen LogP contribution in [0.2, 0.25) is 0 Å². The lowest BCUT2D eigenvalue weighted by molar-refractivity contribution is 0.0952. The molecule has 3 rings (SSSR count). The molecule has 2 heterocycles. The molecule has 2 aromatic rings. The first kappa shape index (κ1) is 17.0. The molecule has 0 saturated heterocycles. The summed E-state index contributed by atoms with van der Waals surface area (Å²) in [5, 5.41) is 2.75. The standard InChI is InChI=1S/C19H22N4O2/c1-3-12-20-18(24)16-15-11-7-8-13-23(15)17(21-16)19(25)22(2)14-9-5-4-6-10-14/h3-6,9-10H,1,7-8,11-13H2,2H3,(H,20,24). The quantitative estimate of drug-likeness (QED) is 0.852. The summed E-state index contributed by atoms with van der Waals surface area (Å²) in [6.07, 6.45) is 4.35. The molecule has 1 aromatic heterocycles. The monoisotopic (exact) mass is 338 g/mol. The largest absolute Gasteiger partial charge is 0.347 e. The lowest BCUT2D eigenvalue weighted by atomic mass is 10.1. The zero-order valence-electron chi connectivity index (χ0n) is 14.4. The second-order valence-electron chi connectivity index (χ2n) is 6.04. The van der Waals surface area contributed by atoms with E-state index >= 15 is 0 Å². The lowest BCUT2D eigenvalue weighted by Gasteiger charge is -2.20. The zero-order valence-corrected chi connectivity index (χ0v) is 14.4. The number of hydrogen-bond donors (Lipinski definition) is 1.